The summed E-state index contributed by atoms with van der Waals surface area (Å²) >= 11 is 11.9. The molecular weight excluding hydrogens is 381 g/mol. The SMILES string of the molecule is O=C(CN1C(=O)CCc2cc([N+](=O)[O-])ccc21)Nc1ccc(Cl)cc1Cl. The maximum Gasteiger partial charge on any atom is 0.269 e. The summed E-state index contributed by atoms with van der Waals surface area (Å²) < 4.78 is 0. The highest BCUT2D eigenvalue weighted by molar-refractivity contribution is 6.36. The number of carbonyl (C=O) groups excluding carboxylic acids is 2. The first-order valence-corrected chi connectivity index (χ1v) is 8.43. The Labute approximate surface area is 158 Å². The minimum atomic E-state index is -0.490. The molecule has 7 nitrogen and oxygen atoms in total. The number of nitro benzene ring substituents is 1. The van der Waals surface area contributed by atoms with Crippen LogP contribution in [0.4, 0.5) is 17.1 Å². The molecule has 134 valence electrons. The van der Waals surface area contributed by atoms with Crippen molar-refractivity contribution in [3.63, 3.8) is 0 Å². The van der Waals surface area contributed by atoms with Crippen LogP contribution in [0.2, 0.25) is 10.0 Å². The van der Waals surface area contributed by atoms with Crippen molar-refractivity contribution in [2.45, 2.75) is 12.8 Å². The van der Waals surface area contributed by atoms with E-state index in [4.69, 9.17) is 23.2 Å². The van der Waals surface area contributed by atoms with Gasteiger partial charge in [-0.05, 0) is 36.2 Å². The summed E-state index contributed by atoms with van der Waals surface area (Å²) in [6.07, 6.45) is 0.583. The molecule has 0 unspecified atom stereocenters. The van der Waals surface area contributed by atoms with E-state index in [-0.39, 0.29) is 29.6 Å². The van der Waals surface area contributed by atoms with Gasteiger partial charge < -0.3 is 10.2 Å². The lowest BCUT2D eigenvalue weighted by atomic mass is 10.0. The highest BCUT2D eigenvalue weighted by Crippen LogP contribution is 2.31. The predicted octanol–water partition coefficient (Wildman–Crippen LogP) is 3.82. The van der Waals surface area contributed by atoms with E-state index in [2.05, 4.69) is 5.32 Å². The standard InChI is InChI=1S/C17H13Cl2N3O4/c18-11-2-4-14(13(19)8-11)20-16(23)9-21-15-5-3-12(22(25)26)7-10(15)1-6-17(21)24/h2-5,7-8H,1,6,9H2,(H,20,23). The molecule has 0 aliphatic carbocycles. The maximum atomic E-state index is 12.3. The molecule has 9 heteroatoms. The summed E-state index contributed by atoms with van der Waals surface area (Å²) in [4.78, 5) is 36.3. The van der Waals surface area contributed by atoms with E-state index in [0.717, 1.165) is 0 Å². The normalized spacial score (nSPS) is 13.3. The van der Waals surface area contributed by atoms with Crippen LogP contribution in [0, 0.1) is 10.1 Å². The van der Waals surface area contributed by atoms with Crippen molar-refractivity contribution < 1.29 is 14.5 Å². The molecule has 1 heterocycles. The highest BCUT2D eigenvalue weighted by atomic mass is 35.5. The van der Waals surface area contributed by atoms with Crippen LogP contribution in [0.15, 0.2) is 36.4 Å². The molecule has 3 rings (SSSR count). The van der Waals surface area contributed by atoms with Crippen LogP contribution in [0.25, 0.3) is 0 Å². The number of rotatable bonds is 4. The van der Waals surface area contributed by atoms with Gasteiger partial charge in [-0.15, -0.1) is 0 Å². The van der Waals surface area contributed by atoms with Crippen LogP contribution < -0.4 is 10.2 Å². The van der Waals surface area contributed by atoms with Crippen LogP contribution in [-0.4, -0.2) is 23.3 Å². The zero-order chi connectivity index (χ0) is 18.8. The molecule has 2 amide bonds. The van der Waals surface area contributed by atoms with Gasteiger partial charge in [0.2, 0.25) is 11.8 Å². The monoisotopic (exact) mass is 393 g/mol. The number of nitrogens with zero attached hydrogens (tertiary/aromatic N) is 2. The van der Waals surface area contributed by atoms with E-state index in [9.17, 15) is 19.7 Å². The van der Waals surface area contributed by atoms with Crippen LogP contribution in [0.3, 0.4) is 0 Å². The summed E-state index contributed by atoms with van der Waals surface area (Å²) in [5, 5.41) is 14.3. The molecule has 0 aromatic heterocycles. The van der Waals surface area contributed by atoms with Gasteiger partial charge in [0.25, 0.3) is 5.69 Å². The van der Waals surface area contributed by atoms with Gasteiger partial charge in [-0.25, -0.2) is 0 Å². The second-order valence-electron chi connectivity index (χ2n) is 5.72. The zero-order valence-corrected chi connectivity index (χ0v) is 14.9. The average Bonchev–Trinajstić information content (AvgIpc) is 2.59. The van der Waals surface area contributed by atoms with Gasteiger partial charge in [0.05, 0.1) is 15.6 Å². The minimum absolute atomic E-state index is 0.0459. The third-order valence-electron chi connectivity index (χ3n) is 3.98. The Balaban J connectivity index is 1.80. The van der Waals surface area contributed by atoms with E-state index >= 15 is 0 Å². The molecule has 0 bridgehead atoms. The maximum absolute atomic E-state index is 12.3. The molecule has 0 fully saturated rings. The Hall–Kier alpha value is -2.64. The fraction of sp³-hybridized carbons (Fsp3) is 0.176. The first-order valence-electron chi connectivity index (χ1n) is 7.68. The van der Waals surface area contributed by atoms with Crippen molar-refractivity contribution in [3.05, 3.63) is 62.1 Å². The topological polar surface area (TPSA) is 92.5 Å². The van der Waals surface area contributed by atoms with Crippen LogP contribution in [0.1, 0.15) is 12.0 Å². The number of anilines is 2. The number of nitrogens with one attached hydrogen (secondary N) is 1. The number of nitro groups is 1. The zero-order valence-electron chi connectivity index (χ0n) is 13.4. The molecule has 2 aromatic carbocycles. The number of aryl methyl sites for hydroxylation is 1. The quantitative estimate of drug-likeness (QED) is 0.630. The molecule has 0 radical (unpaired) electrons. The molecule has 1 N–H and O–H groups in total. The number of amides is 2. The van der Waals surface area contributed by atoms with Crippen molar-refractivity contribution in [1.29, 1.82) is 0 Å². The van der Waals surface area contributed by atoms with Gasteiger partial charge in [-0.1, -0.05) is 23.2 Å². The second-order valence-corrected chi connectivity index (χ2v) is 6.57. The second kappa shape index (κ2) is 7.31. The van der Waals surface area contributed by atoms with Gasteiger partial charge in [0.15, 0.2) is 0 Å². The Bertz CT molecular complexity index is 917. The molecule has 2 aromatic rings. The Morgan fingerprint density at radius 3 is 2.65 bits per heavy atom. The number of hydrogen-bond donors (Lipinski definition) is 1. The Kier molecular flexibility index (Phi) is 5.11. The summed E-state index contributed by atoms with van der Waals surface area (Å²) in [6, 6.07) is 8.90. The summed E-state index contributed by atoms with van der Waals surface area (Å²) in [5.41, 5.74) is 1.50. The van der Waals surface area contributed by atoms with E-state index in [1.165, 1.54) is 29.2 Å². The summed E-state index contributed by atoms with van der Waals surface area (Å²) in [7, 11) is 0. The highest BCUT2D eigenvalue weighted by Gasteiger charge is 2.27. The first-order chi connectivity index (χ1) is 12.3. The molecule has 0 atom stereocenters. The van der Waals surface area contributed by atoms with Crippen LogP contribution in [-0.2, 0) is 16.0 Å². The molecule has 0 spiro atoms. The van der Waals surface area contributed by atoms with Gasteiger partial charge in [-0.3, -0.25) is 19.7 Å². The third-order valence-corrected chi connectivity index (χ3v) is 4.53. The fourth-order valence-corrected chi connectivity index (χ4v) is 3.21. The first kappa shape index (κ1) is 18.2. The number of hydrogen-bond acceptors (Lipinski definition) is 4. The number of carbonyl (C=O) groups is 2. The van der Waals surface area contributed by atoms with Crippen molar-refractivity contribution in [1.82, 2.24) is 0 Å². The molecule has 1 aliphatic heterocycles. The Morgan fingerprint density at radius 1 is 1.19 bits per heavy atom. The molecule has 1 aliphatic rings. The van der Waals surface area contributed by atoms with Crippen molar-refractivity contribution in [2.24, 2.45) is 0 Å². The summed E-state index contributed by atoms with van der Waals surface area (Å²) in [6.45, 7) is -0.220. The van der Waals surface area contributed by atoms with Gasteiger partial charge in [0.1, 0.15) is 6.54 Å². The largest absolute Gasteiger partial charge is 0.323 e. The van der Waals surface area contributed by atoms with Gasteiger partial charge >= 0.3 is 0 Å². The van der Waals surface area contributed by atoms with E-state index in [1.54, 1.807) is 12.1 Å². The molecular formula is C17H13Cl2N3O4. The predicted molar refractivity (Wildman–Crippen MR) is 98.9 cm³/mol. The van der Waals surface area contributed by atoms with Gasteiger partial charge in [-0.2, -0.15) is 0 Å². The number of halogens is 2. The van der Waals surface area contributed by atoms with Crippen LogP contribution in [0.5, 0.6) is 0 Å². The van der Waals surface area contributed by atoms with Gasteiger partial charge in [0, 0.05) is 29.3 Å². The minimum Gasteiger partial charge on any atom is -0.323 e. The van der Waals surface area contributed by atoms with Crippen LogP contribution >= 0.6 is 23.2 Å². The molecule has 0 saturated carbocycles. The Morgan fingerprint density at radius 2 is 1.96 bits per heavy atom. The van der Waals surface area contributed by atoms with Crippen molar-refractivity contribution >= 4 is 52.1 Å². The lowest BCUT2D eigenvalue weighted by molar-refractivity contribution is -0.384. The van der Waals surface area contributed by atoms with E-state index < -0.39 is 10.8 Å². The number of benzene rings is 2. The average molecular weight is 394 g/mol. The summed E-state index contributed by atoms with van der Waals surface area (Å²) in [5.74, 6) is -0.655. The fourth-order valence-electron chi connectivity index (χ4n) is 2.76. The van der Waals surface area contributed by atoms with E-state index in [0.29, 0.717) is 28.4 Å². The van der Waals surface area contributed by atoms with E-state index in [1.807, 2.05) is 0 Å². The number of non-ortho nitro benzene ring substituents is 1. The third kappa shape index (κ3) is 3.79. The number of fused-ring (bicyclic) bond motifs is 1. The van der Waals surface area contributed by atoms with Crippen molar-refractivity contribution in [3.8, 4) is 0 Å². The smallest absolute Gasteiger partial charge is 0.269 e. The van der Waals surface area contributed by atoms with Crippen molar-refractivity contribution in [2.75, 3.05) is 16.8 Å². The lowest BCUT2D eigenvalue weighted by Crippen LogP contribution is -2.40. The lowest BCUT2D eigenvalue weighted by Gasteiger charge is -2.28. The molecule has 0 saturated heterocycles. The molecule has 26 heavy (non-hydrogen) atoms.